The van der Waals surface area contributed by atoms with Crippen molar-refractivity contribution in [3.05, 3.63) is 28.8 Å². The Morgan fingerprint density at radius 3 is 2.46 bits per heavy atom. The first kappa shape index (κ1) is 16.7. The zero-order valence-electron chi connectivity index (χ0n) is 13.2. The summed E-state index contributed by atoms with van der Waals surface area (Å²) in [6, 6.07) is 7.23. The first-order chi connectivity index (χ1) is 11.6. The highest BCUT2D eigenvalue weighted by molar-refractivity contribution is 6.40. The molecule has 2 fully saturated rings. The molecule has 1 aromatic carbocycles. The maximum atomic E-state index is 12.0. The molecular formula is C17H19ClN4O2. The lowest BCUT2D eigenvalue weighted by molar-refractivity contribution is -0.136. The van der Waals surface area contributed by atoms with Crippen LogP contribution in [-0.4, -0.2) is 41.9 Å². The van der Waals surface area contributed by atoms with Gasteiger partial charge in [-0.15, -0.1) is 0 Å². The van der Waals surface area contributed by atoms with Crippen LogP contribution in [0.5, 0.6) is 0 Å². The molecule has 0 atom stereocenters. The van der Waals surface area contributed by atoms with E-state index < -0.39 is 11.8 Å². The van der Waals surface area contributed by atoms with Crippen LogP contribution in [0.15, 0.2) is 18.2 Å². The van der Waals surface area contributed by atoms with Crippen molar-refractivity contribution in [2.75, 3.05) is 18.4 Å². The number of hydrogen-bond donors (Lipinski definition) is 2. The predicted octanol–water partition coefficient (Wildman–Crippen LogP) is 1.89. The summed E-state index contributed by atoms with van der Waals surface area (Å²) in [5.74, 6) is -1.36. The van der Waals surface area contributed by atoms with Gasteiger partial charge in [-0.25, -0.2) is 0 Å². The molecular weight excluding hydrogens is 328 g/mol. The molecule has 1 aliphatic heterocycles. The minimum absolute atomic E-state index is 0.0443. The number of piperidine rings is 1. The number of nitrogens with one attached hydrogen (secondary N) is 2. The number of carbonyl (C=O) groups excluding carboxylic acids is 2. The lowest BCUT2D eigenvalue weighted by Crippen LogP contribution is -2.48. The molecule has 0 bridgehead atoms. The first-order valence-corrected chi connectivity index (χ1v) is 8.50. The molecule has 7 heteroatoms. The van der Waals surface area contributed by atoms with Gasteiger partial charge >= 0.3 is 11.8 Å². The minimum atomic E-state index is -0.722. The van der Waals surface area contributed by atoms with Crippen LogP contribution < -0.4 is 10.6 Å². The van der Waals surface area contributed by atoms with Crippen molar-refractivity contribution >= 4 is 29.1 Å². The number of halogens is 1. The fourth-order valence-electron chi connectivity index (χ4n) is 2.97. The molecule has 1 aromatic rings. The zero-order chi connectivity index (χ0) is 17.1. The highest BCUT2D eigenvalue weighted by atomic mass is 35.5. The van der Waals surface area contributed by atoms with Gasteiger partial charge in [-0.05, 0) is 43.9 Å². The average Bonchev–Trinajstić information content (AvgIpc) is 3.40. The number of benzene rings is 1. The molecule has 0 unspecified atom stereocenters. The van der Waals surface area contributed by atoms with Gasteiger partial charge in [-0.1, -0.05) is 11.6 Å². The van der Waals surface area contributed by atoms with Gasteiger partial charge in [0.15, 0.2) is 0 Å². The van der Waals surface area contributed by atoms with Crippen molar-refractivity contribution in [1.82, 2.24) is 10.2 Å². The molecule has 0 radical (unpaired) electrons. The number of nitriles is 1. The van der Waals surface area contributed by atoms with Crippen molar-refractivity contribution in [3.8, 4) is 6.07 Å². The van der Waals surface area contributed by atoms with Gasteiger partial charge in [0.05, 0.1) is 10.6 Å². The lowest BCUT2D eigenvalue weighted by atomic mass is 10.0. The Hall–Kier alpha value is -2.10. The van der Waals surface area contributed by atoms with Crippen LogP contribution in [0.3, 0.4) is 0 Å². The Labute approximate surface area is 145 Å². The number of carbonyl (C=O) groups is 2. The quantitative estimate of drug-likeness (QED) is 0.818. The van der Waals surface area contributed by atoms with Gasteiger partial charge in [-0.3, -0.25) is 9.59 Å². The second-order valence-electron chi connectivity index (χ2n) is 6.28. The summed E-state index contributed by atoms with van der Waals surface area (Å²) in [7, 11) is 0. The highest BCUT2D eigenvalue weighted by Crippen LogP contribution is 2.29. The van der Waals surface area contributed by atoms with Crippen molar-refractivity contribution in [3.63, 3.8) is 0 Å². The van der Waals surface area contributed by atoms with Gasteiger partial charge in [-0.2, -0.15) is 5.26 Å². The summed E-state index contributed by atoms with van der Waals surface area (Å²) < 4.78 is 0. The molecule has 0 spiro atoms. The standard InChI is InChI=1S/C17H19ClN4O2/c18-15-9-13(2-1-11(15)10-19)21-17(24)16(23)20-12-5-7-22(8-6-12)14-3-4-14/h1-2,9,12,14H,3-8H2,(H,20,23)(H,21,24). The van der Waals surface area contributed by atoms with E-state index in [1.165, 1.54) is 25.0 Å². The largest absolute Gasteiger partial charge is 0.345 e. The van der Waals surface area contributed by atoms with Gasteiger partial charge in [0, 0.05) is 30.9 Å². The van der Waals surface area contributed by atoms with Crippen LogP contribution in [0.4, 0.5) is 5.69 Å². The summed E-state index contributed by atoms with van der Waals surface area (Å²) in [5, 5.41) is 14.4. The minimum Gasteiger partial charge on any atom is -0.345 e. The topological polar surface area (TPSA) is 85.2 Å². The summed E-state index contributed by atoms with van der Waals surface area (Å²) in [5.41, 5.74) is 0.712. The third-order valence-electron chi connectivity index (χ3n) is 4.48. The number of amides is 2. The molecule has 3 rings (SSSR count). The summed E-state index contributed by atoms with van der Waals surface area (Å²) in [6.45, 7) is 1.95. The van der Waals surface area contributed by atoms with E-state index in [2.05, 4.69) is 15.5 Å². The first-order valence-electron chi connectivity index (χ1n) is 8.12. The molecule has 0 aromatic heterocycles. The summed E-state index contributed by atoms with van der Waals surface area (Å²) in [4.78, 5) is 26.5. The summed E-state index contributed by atoms with van der Waals surface area (Å²) >= 11 is 5.91. The van der Waals surface area contributed by atoms with Crippen LogP contribution >= 0.6 is 11.6 Å². The number of anilines is 1. The zero-order valence-corrected chi connectivity index (χ0v) is 14.0. The predicted molar refractivity (Wildman–Crippen MR) is 90.6 cm³/mol. The van der Waals surface area contributed by atoms with E-state index in [0.717, 1.165) is 32.0 Å². The molecule has 1 aliphatic carbocycles. The Bertz CT molecular complexity index is 688. The van der Waals surface area contributed by atoms with Crippen LogP contribution in [0.2, 0.25) is 5.02 Å². The monoisotopic (exact) mass is 346 g/mol. The molecule has 2 aliphatic rings. The smallest absolute Gasteiger partial charge is 0.313 e. The highest BCUT2D eigenvalue weighted by Gasteiger charge is 2.32. The molecule has 6 nitrogen and oxygen atoms in total. The molecule has 126 valence electrons. The molecule has 1 saturated carbocycles. The number of hydrogen-bond acceptors (Lipinski definition) is 4. The molecule has 1 saturated heterocycles. The molecule has 2 amide bonds. The van der Waals surface area contributed by atoms with Crippen LogP contribution in [0.25, 0.3) is 0 Å². The normalized spacial score (nSPS) is 18.7. The number of nitrogens with zero attached hydrogens (tertiary/aromatic N) is 2. The van der Waals surface area contributed by atoms with E-state index in [-0.39, 0.29) is 11.1 Å². The number of likely N-dealkylation sites (tertiary alicyclic amines) is 1. The Morgan fingerprint density at radius 2 is 1.88 bits per heavy atom. The Balaban J connectivity index is 1.49. The molecule has 24 heavy (non-hydrogen) atoms. The SMILES string of the molecule is N#Cc1ccc(NC(=O)C(=O)NC2CCN(C3CC3)CC2)cc1Cl. The van der Waals surface area contributed by atoms with E-state index in [0.29, 0.717) is 11.3 Å². The fourth-order valence-corrected chi connectivity index (χ4v) is 3.19. The van der Waals surface area contributed by atoms with E-state index in [1.807, 2.05) is 6.07 Å². The van der Waals surface area contributed by atoms with Gasteiger partial charge in [0.2, 0.25) is 0 Å². The molecule has 2 N–H and O–H groups in total. The van der Waals surface area contributed by atoms with E-state index in [9.17, 15) is 9.59 Å². The maximum absolute atomic E-state index is 12.0. The summed E-state index contributed by atoms with van der Waals surface area (Å²) in [6.07, 6.45) is 4.32. The van der Waals surface area contributed by atoms with E-state index in [1.54, 1.807) is 6.07 Å². The second-order valence-corrected chi connectivity index (χ2v) is 6.68. The maximum Gasteiger partial charge on any atom is 0.313 e. The Morgan fingerprint density at radius 1 is 1.17 bits per heavy atom. The van der Waals surface area contributed by atoms with Crippen molar-refractivity contribution in [2.45, 2.75) is 37.8 Å². The van der Waals surface area contributed by atoms with Crippen LogP contribution in [-0.2, 0) is 9.59 Å². The van der Waals surface area contributed by atoms with Gasteiger partial charge in [0.25, 0.3) is 0 Å². The third-order valence-corrected chi connectivity index (χ3v) is 4.79. The van der Waals surface area contributed by atoms with Crippen LogP contribution in [0, 0.1) is 11.3 Å². The fraction of sp³-hybridized carbons (Fsp3) is 0.471. The lowest BCUT2D eigenvalue weighted by Gasteiger charge is -2.32. The Kier molecular flexibility index (Phi) is 5.03. The number of rotatable bonds is 3. The average molecular weight is 347 g/mol. The van der Waals surface area contributed by atoms with E-state index >= 15 is 0 Å². The van der Waals surface area contributed by atoms with Crippen molar-refractivity contribution in [2.24, 2.45) is 0 Å². The van der Waals surface area contributed by atoms with Gasteiger partial charge in [0.1, 0.15) is 6.07 Å². The van der Waals surface area contributed by atoms with Gasteiger partial charge < -0.3 is 15.5 Å². The van der Waals surface area contributed by atoms with Crippen molar-refractivity contribution in [1.29, 1.82) is 5.26 Å². The van der Waals surface area contributed by atoms with Crippen LogP contribution in [0.1, 0.15) is 31.2 Å². The third kappa shape index (κ3) is 4.05. The second kappa shape index (κ2) is 7.20. The van der Waals surface area contributed by atoms with Crippen molar-refractivity contribution < 1.29 is 9.59 Å². The van der Waals surface area contributed by atoms with E-state index in [4.69, 9.17) is 16.9 Å². The molecule has 1 heterocycles.